The second-order valence-electron chi connectivity index (χ2n) is 6.85. The van der Waals surface area contributed by atoms with Gasteiger partial charge in [-0.05, 0) is 37.1 Å². The molecule has 1 aliphatic heterocycles. The Labute approximate surface area is 165 Å². The lowest BCUT2D eigenvalue weighted by Gasteiger charge is -2.28. The Kier molecular flexibility index (Phi) is 7.64. The summed E-state index contributed by atoms with van der Waals surface area (Å²) in [5.74, 6) is -0.331. The van der Waals surface area contributed by atoms with Gasteiger partial charge >= 0.3 is 7.52 Å². The van der Waals surface area contributed by atoms with Crippen LogP contribution in [0, 0.1) is 12.1 Å². The van der Waals surface area contributed by atoms with Crippen LogP contribution >= 0.6 is 7.52 Å². The number of anilines is 1. The fourth-order valence-corrected chi connectivity index (χ4v) is 3.87. The standard InChI is InChI=1S/C19H27N2O6P/c1-4-17-16-12-14(21-28(25,5-2)27-11-9-22)6-7-15(16)18(23)20-13-19(3,24)8-10-26-17/h2,6-7,12,17,22,24H,4,8-11,13H2,1,3H3,(H,20,23)(H,21,25). The molecule has 0 saturated carbocycles. The van der Waals surface area contributed by atoms with Crippen molar-refractivity contribution in [1.29, 1.82) is 0 Å². The van der Waals surface area contributed by atoms with Gasteiger partial charge in [-0.15, -0.1) is 6.42 Å². The zero-order valence-corrected chi connectivity index (χ0v) is 17.0. The zero-order valence-electron chi connectivity index (χ0n) is 16.1. The molecule has 0 aromatic heterocycles. The van der Waals surface area contributed by atoms with Crippen molar-refractivity contribution in [3.8, 4) is 12.1 Å². The highest BCUT2D eigenvalue weighted by atomic mass is 31.2. The molecule has 1 aromatic carbocycles. The molecule has 1 aromatic rings. The number of aliphatic hydroxyl groups is 2. The maximum Gasteiger partial charge on any atom is 0.367 e. The van der Waals surface area contributed by atoms with E-state index in [1.807, 2.05) is 6.92 Å². The van der Waals surface area contributed by atoms with E-state index < -0.39 is 13.1 Å². The van der Waals surface area contributed by atoms with Crippen LogP contribution in [-0.2, 0) is 13.8 Å². The number of benzene rings is 1. The van der Waals surface area contributed by atoms with Crippen LogP contribution in [0.3, 0.4) is 0 Å². The van der Waals surface area contributed by atoms with E-state index in [9.17, 15) is 14.5 Å². The van der Waals surface area contributed by atoms with Gasteiger partial charge in [-0.25, -0.2) is 0 Å². The Morgan fingerprint density at radius 1 is 1.54 bits per heavy atom. The third kappa shape index (κ3) is 5.81. The van der Waals surface area contributed by atoms with Gasteiger partial charge in [-0.2, -0.15) is 0 Å². The number of carbonyl (C=O) groups excluding carboxylic acids is 1. The molecule has 2 rings (SSSR count). The van der Waals surface area contributed by atoms with Crippen LogP contribution in [0.5, 0.6) is 0 Å². The maximum atomic E-state index is 12.6. The number of nitrogens with one attached hydrogen (secondary N) is 2. The van der Waals surface area contributed by atoms with Crippen LogP contribution in [0.1, 0.15) is 48.7 Å². The van der Waals surface area contributed by atoms with E-state index in [2.05, 4.69) is 16.1 Å². The molecule has 0 spiro atoms. The van der Waals surface area contributed by atoms with Crippen molar-refractivity contribution in [2.45, 2.75) is 38.4 Å². The minimum absolute atomic E-state index is 0.104. The molecule has 1 heterocycles. The van der Waals surface area contributed by atoms with Gasteiger partial charge in [0.2, 0.25) is 0 Å². The van der Waals surface area contributed by atoms with Gasteiger partial charge in [0.25, 0.3) is 5.91 Å². The minimum Gasteiger partial charge on any atom is -0.394 e. The number of fused-ring (bicyclic) bond motifs is 1. The van der Waals surface area contributed by atoms with Crippen molar-refractivity contribution in [2.75, 3.05) is 31.5 Å². The first-order valence-corrected chi connectivity index (χ1v) is 10.7. The maximum absolute atomic E-state index is 12.6. The van der Waals surface area contributed by atoms with Gasteiger partial charge in [-0.3, -0.25) is 9.36 Å². The number of amides is 1. The average Bonchev–Trinajstić information content (AvgIpc) is 2.67. The van der Waals surface area contributed by atoms with E-state index in [-0.39, 0.29) is 31.8 Å². The third-order valence-electron chi connectivity index (χ3n) is 4.41. The lowest BCUT2D eigenvalue weighted by atomic mass is 9.97. The third-order valence-corrected chi connectivity index (χ3v) is 5.85. The first kappa shape index (κ1) is 22.4. The van der Waals surface area contributed by atoms with E-state index in [0.717, 1.165) is 0 Å². The van der Waals surface area contributed by atoms with E-state index >= 15 is 0 Å². The summed E-state index contributed by atoms with van der Waals surface area (Å²) in [7, 11) is -3.63. The number of ether oxygens (including phenoxy) is 1. The highest BCUT2D eigenvalue weighted by molar-refractivity contribution is 7.65. The van der Waals surface area contributed by atoms with Gasteiger partial charge in [0.1, 0.15) is 0 Å². The Morgan fingerprint density at radius 3 is 2.93 bits per heavy atom. The van der Waals surface area contributed by atoms with Crippen LogP contribution < -0.4 is 10.4 Å². The molecule has 4 N–H and O–H groups in total. The second kappa shape index (κ2) is 9.55. The van der Waals surface area contributed by atoms with Crippen LogP contribution in [0.4, 0.5) is 5.69 Å². The number of hydrogen-bond donors (Lipinski definition) is 4. The summed E-state index contributed by atoms with van der Waals surface area (Å²) >= 11 is 0. The summed E-state index contributed by atoms with van der Waals surface area (Å²) in [6, 6.07) is 4.82. The molecule has 28 heavy (non-hydrogen) atoms. The smallest absolute Gasteiger partial charge is 0.367 e. The van der Waals surface area contributed by atoms with Crippen LogP contribution in [0.15, 0.2) is 18.2 Å². The molecule has 0 fully saturated rings. The van der Waals surface area contributed by atoms with Crippen LogP contribution in [-0.4, -0.2) is 48.1 Å². The Balaban J connectivity index is 2.37. The molecular formula is C19H27N2O6P. The normalized spacial score (nSPS) is 25.0. The summed E-state index contributed by atoms with van der Waals surface area (Å²) in [6.07, 6.45) is 5.90. The number of carbonyl (C=O) groups is 1. The van der Waals surface area contributed by atoms with Crippen molar-refractivity contribution >= 4 is 19.1 Å². The SMILES string of the molecule is C#CP(=O)(Nc1ccc2c(c1)C(CC)OCCC(C)(O)CNC2=O)OCCO. The molecule has 3 atom stereocenters. The predicted octanol–water partition coefficient (Wildman–Crippen LogP) is 2.24. The molecule has 0 bridgehead atoms. The van der Waals surface area contributed by atoms with Crippen molar-refractivity contribution < 1.29 is 28.8 Å². The summed E-state index contributed by atoms with van der Waals surface area (Å²) in [6.45, 7) is 3.52. The molecule has 0 radical (unpaired) electrons. The molecule has 1 aliphatic rings. The van der Waals surface area contributed by atoms with E-state index in [4.69, 9.17) is 20.8 Å². The zero-order chi connectivity index (χ0) is 20.8. The molecule has 8 nitrogen and oxygen atoms in total. The average molecular weight is 410 g/mol. The molecule has 9 heteroatoms. The van der Waals surface area contributed by atoms with Gasteiger partial charge in [0.05, 0.1) is 31.5 Å². The summed E-state index contributed by atoms with van der Waals surface area (Å²) in [4.78, 5) is 12.6. The Hall–Kier alpha value is -1.88. The quantitative estimate of drug-likeness (QED) is 0.420. The van der Waals surface area contributed by atoms with Crippen molar-refractivity contribution in [3.05, 3.63) is 29.3 Å². The van der Waals surface area contributed by atoms with Gasteiger partial charge < -0.3 is 29.9 Å². The van der Waals surface area contributed by atoms with Crippen molar-refractivity contribution in [3.63, 3.8) is 0 Å². The molecule has 0 saturated heterocycles. The number of aliphatic hydroxyl groups excluding tert-OH is 1. The van der Waals surface area contributed by atoms with Gasteiger partial charge in [0.15, 0.2) is 0 Å². The monoisotopic (exact) mass is 410 g/mol. The number of rotatable bonds is 6. The Morgan fingerprint density at radius 2 is 2.29 bits per heavy atom. The second-order valence-corrected chi connectivity index (χ2v) is 8.69. The summed E-state index contributed by atoms with van der Waals surface area (Å²) < 4.78 is 23.6. The first-order valence-electron chi connectivity index (χ1n) is 9.11. The van der Waals surface area contributed by atoms with Gasteiger partial charge in [0, 0.05) is 29.9 Å². The van der Waals surface area contributed by atoms with E-state index in [0.29, 0.717) is 36.3 Å². The fourth-order valence-electron chi connectivity index (χ4n) is 2.85. The lowest BCUT2D eigenvalue weighted by Crippen LogP contribution is -2.42. The highest BCUT2D eigenvalue weighted by Crippen LogP contribution is 2.45. The number of terminal acetylenes is 1. The minimum atomic E-state index is -3.63. The molecule has 3 unspecified atom stereocenters. The van der Waals surface area contributed by atoms with E-state index in [1.54, 1.807) is 25.1 Å². The number of β-amino-alcohol motifs (C(OH)–C–C–N with tert-alkyl or cyclic N) is 1. The molecule has 1 amide bonds. The molecule has 0 aliphatic carbocycles. The largest absolute Gasteiger partial charge is 0.394 e. The number of hydrogen-bond acceptors (Lipinski definition) is 6. The van der Waals surface area contributed by atoms with Crippen LogP contribution in [0.2, 0.25) is 0 Å². The Bertz CT molecular complexity index is 789. The summed E-state index contributed by atoms with van der Waals surface area (Å²) in [5, 5.41) is 24.6. The highest BCUT2D eigenvalue weighted by Gasteiger charge is 2.28. The van der Waals surface area contributed by atoms with Gasteiger partial charge in [-0.1, -0.05) is 6.92 Å². The van der Waals surface area contributed by atoms with Crippen molar-refractivity contribution in [2.24, 2.45) is 0 Å². The summed E-state index contributed by atoms with van der Waals surface area (Å²) in [5.41, 5.74) is 2.48. The molecular weight excluding hydrogens is 383 g/mol. The van der Waals surface area contributed by atoms with E-state index in [1.165, 1.54) is 0 Å². The first-order chi connectivity index (χ1) is 13.2. The van der Waals surface area contributed by atoms with Crippen molar-refractivity contribution in [1.82, 2.24) is 5.32 Å². The van der Waals surface area contributed by atoms with Crippen LogP contribution in [0.25, 0.3) is 0 Å². The fraction of sp³-hybridized carbons (Fsp3) is 0.526. The lowest BCUT2D eigenvalue weighted by molar-refractivity contribution is -0.0137. The topological polar surface area (TPSA) is 117 Å². The predicted molar refractivity (Wildman–Crippen MR) is 106 cm³/mol. The molecule has 154 valence electrons.